The first-order chi connectivity index (χ1) is 18.0. The zero-order valence-corrected chi connectivity index (χ0v) is 22.9. The smallest absolute Gasteiger partial charge is 0.467 e. The molecule has 3 atom stereocenters. The van der Waals surface area contributed by atoms with E-state index in [4.69, 9.17) is 23.3 Å². The van der Waals surface area contributed by atoms with E-state index < -0.39 is 44.2 Å². The minimum atomic E-state index is -4.66. The van der Waals surface area contributed by atoms with Gasteiger partial charge in [0.2, 0.25) is 0 Å². The van der Waals surface area contributed by atoms with Crippen molar-refractivity contribution in [1.82, 2.24) is 5.32 Å². The SMILES string of the molecule is COC(=O)[C@H](COP(=O)(O)OC[C@@H](COCc1ccccc1)OCc1ccccc1)NC(=O)OC(C)(C)C. The average molecular weight is 554 g/mol. The van der Waals surface area contributed by atoms with Crippen molar-refractivity contribution < 1.29 is 47.0 Å². The van der Waals surface area contributed by atoms with E-state index in [2.05, 4.69) is 10.1 Å². The molecule has 0 radical (unpaired) electrons. The van der Waals surface area contributed by atoms with Crippen LogP contribution in [0.5, 0.6) is 0 Å². The summed E-state index contributed by atoms with van der Waals surface area (Å²) in [5.74, 6) is -0.894. The van der Waals surface area contributed by atoms with Crippen LogP contribution in [0.1, 0.15) is 31.9 Å². The number of methoxy groups -OCH3 is 1. The summed E-state index contributed by atoms with van der Waals surface area (Å²) in [6.07, 6.45) is -1.63. The van der Waals surface area contributed by atoms with Crippen molar-refractivity contribution in [1.29, 1.82) is 0 Å². The van der Waals surface area contributed by atoms with Crippen LogP contribution in [-0.2, 0) is 50.6 Å². The molecule has 210 valence electrons. The second-order valence-corrected chi connectivity index (χ2v) is 10.7. The summed E-state index contributed by atoms with van der Waals surface area (Å²) in [4.78, 5) is 34.3. The maximum Gasteiger partial charge on any atom is 0.472 e. The molecule has 0 saturated heterocycles. The molecule has 0 bridgehead atoms. The number of phosphoric acid groups is 1. The fraction of sp³-hybridized carbons (Fsp3) is 0.462. The number of ether oxygens (including phenoxy) is 4. The first-order valence-electron chi connectivity index (χ1n) is 11.9. The molecule has 1 amide bonds. The fourth-order valence-corrected chi connectivity index (χ4v) is 3.73. The molecule has 2 rings (SSSR count). The van der Waals surface area contributed by atoms with Crippen LogP contribution in [0.25, 0.3) is 0 Å². The Morgan fingerprint density at radius 1 is 0.895 bits per heavy atom. The van der Waals surface area contributed by atoms with Gasteiger partial charge in [-0.2, -0.15) is 0 Å². The van der Waals surface area contributed by atoms with Gasteiger partial charge in [-0.25, -0.2) is 14.2 Å². The fourth-order valence-electron chi connectivity index (χ4n) is 2.96. The topological polar surface area (TPSA) is 139 Å². The zero-order valence-electron chi connectivity index (χ0n) is 22.0. The van der Waals surface area contributed by atoms with E-state index >= 15 is 0 Å². The van der Waals surface area contributed by atoms with E-state index in [1.807, 2.05) is 60.7 Å². The van der Waals surface area contributed by atoms with Crippen molar-refractivity contribution in [2.75, 3.05) is 26.9 Å². The van der Waals surface area contributed by atoms with Crippen LogP contribution in [-0.4, -0.2) is 61.6 Å². The van der Waals surface area contributed by atoms with Crippen molar-refractivity contribution in [3.8, 4) is 0 Å². The maximum atomic E-state index is 12.5. The number of hydrogen-bond acceptors (Lipinski definition) is 9. The molecular weight excluding hydrogens is 517 g/mol. The molecule has 11 nitrogen and oxygen atoms in total. The summed E-state index contributed by atoms with van der Waals surface area (Å²) >= 11 is 0. The van der Waals surface area contributed by atoms with Gasteiger partial charge in [-0.1, -0.05) is 60.7 Å². The van der Waals surface area contributed by atoms with Gasteiger partial charge in [-0.3, -0.25) is 9.05 Å². The normalized spacial score (nSPS) is 14.7. The third-order valence-corrected chi connectivity index (χ3v) is 5.70. The second kappa shape index (κ2) is 15.6. The Hall–Kier alpha value is -2.79. The third-order valence-electron chi connectivity index (χ3n) is 4.75. The Balaban J connectivity index is 1.93. The van der Waals surface area contributed by atoms with Crippen molar-refractivity contribution in [3.63, 3.8) is 0 Å². The number of esters is 1. The molecule has 0 heterocycles. The van der Waals surface area contributed by atoms with E-state index in [1.165, 1.54) is 0 Å². The number of carbonyl (C=O) groups excluding carboxylic acids is 2. The van der Waals surface area contributed by atoms with Crippen LogP contribution in [0.2, 0.25) is 0 Å². The van der Waals surface area contributed by atoms with Gasteiger partial charge in [-0.05, 0) is 31.9 Å². The van der Waals surface area contributed by atoms with Crippen molar-refractivity contribution in [2.24, 2.45) is 0 Å². The lowest BCUT2D eigenvalue weighted by Gasteiger charge is -2.23. The highest BCUT2D eigenvalue weighted by Gasteiger charge is 2.31. The molecule has 0 saturated carbocycles. The summed E-state index contributed by atoms with van der Waals surface area (Å²) < 4.78 is 43.9. The highest BCUT2D eigenvalue weighted by atomic mass is 31.2. The lowest BCUT2D eigenvalue weighted by atomic mass is 10.2. The van der Waals surface area contributed by atoms with Crippen LogP contribution >= 0.6 is 7.82 Å². The molecule has 0 aliphatic heterocycles. The predicted molar refractivity (Wildman–Crippen MR) is 138 cm³/mol. The molecule has 2 N–H and O–H groups in total. The summed E-state index contributed by atoms with van der Waals surface area (Å²) in [5, 5.41) is 2.25. The first-order valence-corrected chi connectivity index (χ1v) is 13.4. The van der Waals surface area contributed by atoms with Crippen LogP contribution in [0.4, 0.5) is 4.79 Å². The van der Waals surface area contributed by atoms with Gasteiger partial charge in [-0.15, -0.1) is 0 Å². The molecule has 0 aliphatic rings. The molecule has 2 aromatic carbocycles. The molecular formula is C26H36NO10P. The minimum Gasteiger partial charge on any atom is -0.467 e. The molecule has 1 unspecified atom stereocenters. The Morgan fingerprint density at radius 2 is 1.45 bits per heavy atom. The molecule has 0 aliphatic carbocycles. The minimum absolute atomic E-state index is 0.0761. The Labute approximate surface area is 222 Å². The van der Waals surface area contributed by atoms with E-state index in [0.717, 1.165) is 18.2 Å². The van der Waals surface area contributed by atoms with Crippen molar-refractivity contribution in [3.05, 3.63) is 71.8 Å². The standard InChI is InChI=1S/C26H36NO10P/c1-26(2,3)37-25(29)27-23(24(28)32-4)19-36-38(30,31)35-18-22(34-16-21-13-9-6-10-14-21)17-33-15-20-11-7-5-8-12-20/h5-14,22-23H,15-19H2,1-4H3,(H,27,29)(H,30,31)/t22-,23+/m1/s1. The largest absolute Gasteiger partial charge is 0.472 e. The van der Waals surface area contributed by atoms with E-state index in [0.29, 0.717) is 6.61 Å². The highest BCUT2D eigenvalue weighted by Crippen LogP contribution is 2.43. The summed E-state index contributed by atoms with van der Waals surface area (Å²) in [5.41, 5.74) is 1.04. The van der Waals surface area contributed by atoms with Crippen molar-refractivity contribution >= 4 is 19.9 Å². The van der Waals surface area contributed by atoms with Crippen LogP contribution in [0.3, 0.4) is 0 Å². The lowest BCUT2D eigenvalue weighted by molar-refractivity contribution is -0.144. The average Bonchev–Trinajstić information content (AvgIpc) is 2.87. The molecule has 2 aromatic rings. The van der Waals surface area contributed by atoms with E-state index in [1.54, 1.807) is 20.8 Å². The monoisotopic (exact) mass is 553 g/mol. The number of carbonyl (C=O) groups is 2. The summed E-state index contributed by atoms with van der Waals surface area (Å²) in [6, 6.07) is 17.5. The Morgan fingerprint density at radius 3 is 2.00 bits per heavy atom. The van der Waals surface area contributed by atoms with Gasteiger partial charge in [0.05, 0.1) is 40.1 Å². The number of hydrogen-bond donors (Lipinski definition) is 2. The molecule has 0 aromatic heterocycles. The van der Waals surface area contributed by atoms with Crippen LogP contribution in [0.15, 0.2) is 60.7 Å². The Bertz CT molecular complexity index is 1030. The summed E-state index contributed by atoms with van der Waals surface area (Å²) in [6.45, 7) is 4.52. The van der Waals surface area contributed by atoms with Gasteiger partial charge < -0.3 is 29.2 Å². The highest BCUT2D eigenvalue weighted by molar-refractivity contribution is 7.47. The van der Waals surface area contributed by atoms with Gasteiger partial charge >= 0.3 is 19.9 Å². The van der Waals surface area contributed by atoms with Gasteiger partial charge in [0.1, 0.15) is 11.7 Å². The lowest BCUT2D eigenvalue weighted by Crippen LogP contribution is -2.46. The number of rotatable bonds is 15. The van der Waals surface area contributed by atoms with E-state index in [9.17, 15) is 19.0 Å². The van der Waals surface area contributed by atoms with Crippen LogP contribution in [0, 0.1) is 0 Å². The van der Waals surface area contributed by atoms with Crippen molar-refractivity contribution in [2.45, 2.75) is 51.7 Å². The zero-order chi connectivity index (χ0) is 28.0. The first kappa shape index (κ1) is 31.4. The number of amides is 1. The van der Waals surface area contributed by atoms with Gasteiger partial charge in [0.25, 0.3) is 0 Å². The van der Waals surface area contributed by atoms with E-state index in [-0.39, 0.29) is 19.8 Å². The molecule has 0 spiro atoms. The molecule has 0 fully saturated rings. The molecule has 12 heteroatoms. The Kier molecular flexibility index (Phi) is 12.9. The second-order valence-electron chi connectivity index (χ2n) is 9.20. The maximum absolute atomic E-state index is 12.5. The van der Waals surface area contributed by atoms with Gasteiger partial charge in [0, 0.05) is 0 Å². The molecule has 38 heavy (non-hydrogen) atoms. The predicted octanol–water partition coefficient (Wildman–Crippen LogP) is 3.99. The van der Waals surface area contributed by atoms with Crippen LogP contribution < -0.4 is 5.32 Å². The van der Waals surface area contributed by atoms with Gasteiger partial charge in [0.15, 0.2) is 6.04 Å². The quantitative estimate of drug-likeness (QED) is 0.246. The number of phosphoric ester groups is 1. The number of benzene rings is 2. The summed E-state index contributed by atoms with van der Waals surface area (Å²) in [7, 11) is -3.55. The third kappa shape index (κ3) is 13.1. The number of nitrogens with one attached hydrogen (secondary N) is 1. The number of alkyl carbamates (subject to hydrolysis) is 1.